The minimum absolute atomic E-state index is 0.0894. The number of hydrogen-bond acceptors (Lipinski definition) is 3. The fourth-order valence-corrected chi connectivity index (χ4v) is 3.66. The van der Waals surface area contributed by atoms with E-state index in [0.717, 1.165) is 16.5 Å². The summed E-state index contributed by atoms with van der Waals surface area (Å²) in [4.78, 5) is 4.06. The Hall–Kier alpha value is -1.17. The molecule has 1 heterocycles. The molecular weight excluding hydrogens is 304 g/mol. The second kappa shape index (κ2) is 5.68. The van der Waals surface area contributed by atoms with Crippen LogP contribution >= 0.6 is 37.5 Å². The first kappa shape index (κ1) is 13.8. The zero-order chi connectivity index (χ0) is 14.1. The molecule has 1 saturated heterocycles. The third kappa shape index (κ3) is 2.30. The second-order valence-corrected chi connectivity index (χ2v) is 5.94. The van der Waals surface area contributed by atoms with Crippen LogP contribution in [-0.2, 0) is 0 Å². The third-order valence-corrected chi connectivity index (χ3v) is 4.93. The summed E-state index contributed by atoms with van der Waals surface area (Å²) >= 11 is 15.0. The van der Waals surface area contributed by atoms with Gasteiger partial charge < -0.3 is 9.80 Å². The normalized spacial score (nSPS) is 22.4. The molecule has 0 spiro atoms. The van der Waals surface area contributed by atoms with Crippen molar-refractivity contribution in [3.63, 3.8) is 0 Å². The monoisotopic (exact) mass is 318 g/mol. The van der Waals surface area contributed by atoms with E-state index >= 15 is 0 Å². The van der Waals surface area contributed by atoms with Gasteiger partial charge in [0.25, 0.3) is 0 Å². The highest BCUT2D eigenvalue weighted by Gasteiger charge is 2.40. The summed E-state index contributed by atoms with van der Waals surface area (Å²) in [5, 5.41) is 0.546. The Morgan fingerprint density at radius 3 is 1.40 bits per heavy atom. The molecule has 0 bridgehead atoms. The molecule has 20 heavy (non-hydrogen) atoms. The Balaban J connectivity index is 1.99. The van der Waals surface area contributed by atoms with Crippen LogP contribution in [0.25, 0.3) is 0 Å². The quantitative estimate of drug-likeness (QED) is 0.643. The smallest absolute Gasteiger partial charge is 0.182 e. The first-order valence-corrected chi connectivity index (χ1v) is 7.73. The Bertz CT molecular complexity index is 550. The summed E-state index contributed by atoms with van der Waals surface area (Å²) in [6, 6.07) is 20.1. The Labute approximate surface area is 135 Å². The van der Waals surface area contributed by atoms with Crippen LogP contribution in [0.2, 0.25) is 0 Å². The van der Waals surface area contributed by atoms with Crippen molar-refractivity contribution in [1.29, 1.82) is 0 Å². The fourth-order valence-electron chi connectivity index (χ4n) is 2.31. The molecule has 0 saturated carbocycles. The minimum atomic E-state index is -0.0894. The SMILES string of the molecule is S=C1N(c2ccccc2)C(S)C(S)N1c1ccccc1. The standard InChI is InChI=1S/C15H14N2S3/c18-13-14(19)17(12-9-5-2-6-10-12)15(20)16(13)11-7-3-1-4-8-11/h1-10,13-14,18-19H. The molecule has 5 heteroatoms. The van der Waals surface area contributed by atoms with Gasteiger partial charge in [-0.15, -0.1) is 0 Å². The van der Waals surface area contributed by atoms with Crippen LogP contribution < -0.4 is 9.80 Å². The molecule has 1 fully saturated rings. The Morgan fingerprint density at radius 2 is 1.05 bits per heavy atom. The summed E-state index contributed by atoms with van der Waals surface area (Å²) in [7, 11) is 0. The largest absolute Gasteiger partial charge is 0.303 e. The van der Waals surface area contributed by atoms with Crippen molar-refractivity contribution < 1.29 is 0 Å². The minimum Gasteiger partial charge on any atom is -0.303 e. The summed E-state index contributed by atoms with van der Waals surface area (Å²) in [6.07, 6.45) is 0. The number of anilines is 2. The number of rotatable bonds is 2. The third-order valence-electron chi connectivity index (χ3n) is 3.28. The number of thiol groups is 2. The van der Waals surface area contributed by atoms with Crippen molar-refractivity contribution in [3.8, 4) is 0 Å². The van der Waals surface area contributed by atoms with E-state index in [4.69, 9.17) is 12.2 Å². The molecule has 1 aliphatic rings. The van der Waals surface area contributed by atoms with Crippen LogP contribution in [-0.4, -0.2) is 15.9 Å². The number of benzene rings is 2. The molecule has 0 aliphatic carbocycles. The van der Waals surface area contributed by atoms with E-state index in [0.29, 0.717) is 0 Å². The molecule has 102 valence electrons. The molecule has 0 radical (unpaired) electrons. The maximum absolute atomic E-state index is 5.63. The maximum Gasteiger partial charge on any atom is 0.182 e. The van der Waals surface area contributed by atoms with Crippen molar-refractivity contribution >= 4 is 54.0 Å². The molecule has 2 nitrogen and oxygen atoms in total. The van der Waals surface area contributed by atoms with Crippen LogP contribution in [0.4, 0.5) is 11.4 Å². The average Bonchev–Trinajstić information content (AvgIpc) is 2.71. The van der Waals surface area contributed by atoms with E-state index in [1.54, 1.807) is 0 Å². The van der Waals surface area contributed by atoms with Crippen molar-refractivity contribution in [2.75, 3.05) is 9.80 Å². The van der Waals surface area contributed by atoms with Crippen molar-refractivity contribution in [2.45, 2.75) is 10.7 Å². The lowest BCUT2D eigenvalue weighted by atomic mass is 10.3. The highest BCUT2D eigenvalue weighted by molar-refractivity contribution is 7.86. The van der Waals surface area contributed by atoms with E-state index < -0.39 is 0 Å². The van der Waals surface area contributed by atoms with Crippen LogP contribution in [0.1, 0.15) is 0 Å². The van der Waals surface area contributed by atoms with Crippen molar-refractivity contribution in [1.82, 2.24) is 0 Å². The van der Waals surface area contributed by atoms with Crippen molar-refractivity contribution in [3.05, 3.63) is 60.7 Å². The lowest BCUT2D eigenvalue weighted by Gasteiger charge is -2.23. The van der Waals surface area contributed by atoms with Gasteiger partial charge in [-0.2, -0.15) is 25.3 Å². The van der Waals surface area contributed by atoms with Gasteiger partial charge in [0, 0.05) is 11.4 Å². The first-order valence-electron chi connectivity index (χ1n) is 6.29. The Kier molecular flexibility index (Phi) is 3.92. The first-order chi connectivity index (χ1) is 9.70. The van der Waals surface area contributed by atoms with E-state index in [1.807, 2.05) is 70.5 Å². The molecule has 2 aromatic rings. The molecule has 0 amide bonds. The van der Waals surface area contributed by atoms with Crippen LogP contribution in [0.3, 0.4) is 0 Å². The predicted molar refractivity (Wildman–Crippen MR) is 96.0 cm³/mol. The maximum atomic E-state index is 5.63. The topological polar surface area (TPSA) is 6.48 Å². The number of nitrogens with zero attached hydrogens (tertiary/aromatic N) is 2. The lowest BCUT2D eigenvalue weighted by molar-refractivity contribution is 0.917. The Morgan fingerprint density at radius 1 is 0.700 bits per heavy atom. The van der Waals surface area contributed by atoms with Gasteiger partial charge in [0.15, 0.2) is 5.11 Å². The van der Waals surface area contributed by atoms with Gasteiger partial charge in [-0.25, -0.2) is 0 Å². The van der Waals surface area contributed by atoms with Crippen LogP contribution in [0.5, 0.6) is 0 Å². The molecule has 0 N–H and O–H groups in total. The summed E-state index contributed by atoms with van der Waals surface area (Å²) in [5.74, 6) is 0. The van der Waals surface area contributed by atoms with Crippen molar-refractivity contribution in [2.24, 2.45) is 0 Å². The van der Waals surface area contributed by atoms with E-state index in [9.17, 15) is 0 Å². The summed E-state index contributed by atoms with van der Waals surface area (Å²) in [5.41, 5.74) is 2.07. The van der Waals surface area contributed by atoms with E-state index in [1.165, 1.54) is 0 Å². The van der Waals surface area contributed by atoms with Gasteiger partial charge in [0.2, 0.25) is 0 Å². The molecule has 2 atom stereocenters. The van der Waals surface area contributed by atoms with E-state index in [-0.39, 0.29) is 10.7 Å². The molecule has 0 aromatic heterocycles. The van der Waals surface area contributed by atoms with Crippen LogP contribution in [0, 0.1) is 0 Å². The molecule has 1 aliphatic heterocycles. The average molecular weight is 318 g/mol. The van der Waals surface area contributed by atoms with Gasteiger partial charge in [0.05, 0.1) is 0 Å². The van der Waals surface area contributed by atoms with E-state index in [2.05, 4.69) is 25.3 Å². The fraction of sp³-hybridized carbons (Fsp3) is 0.133. The second-order valence-electron chi connectivity index (χ2n) is 4.52. The highest BCUT2D eigenvalue weighted by Crippen LogP contribution is 2.36. The highest BCUT2D eigenvalue weighted by atomic mass is 32.1. The zero-order valence-corrected chi connectivity index (χ0v) is 13.2. The molecule has 2 aromatic carbocycles. The number of thiocarbonyl (C=S) groups is 1. The number of para-hydroxylation sites is 2. The molecule has 2 unspecified atom stereocenters. The molecular formula is C15H14N2S3. The van der Waals surface area contributed by atoms with Gasteiger partial charge >= 0.3 is 0 Å². The molecule has 3 rings (SSSR count). The summed E-state index contributed by atoms with van der Waals surface area (Å²) < 4.78 is 0. The van der Waals surface area contributed by atoms with Gasteiger partial charge in [-0.3, -0.25) is 0 Å². The van der Waals surface area contributed by atoms with Gasteiger partial charge in [-0.1, -0.05) is 36.4 Å². The lowest BCUT2D eigenvalue weighted by Crippen LogP contribution is -2.33. The summed E-state index contributed by atoms with van der Waals surface area (Å²) in [6.45, 7) is 0. The predicted octanol–water partition coefficient (Wildman–Crippen LogP) is 3.81. The number of hydrogen-bond donors (Lipinski definition) is 2. The van der Waals surface area contributed by atoms with Crippen LogP contribution in [0.15, 0.2) is 60.7 Å². The zero-order valence-electron chi connectivity index (χ0n) is 10.6. The van der Waals surface area contributed by atoms with Gasteiger partial charge in [-0.05, 0) is 36.5 Å². The van der Waals surface area contributed by atoms with Gasteiger partial charge in [0.1, 0.15) is 10.7 Å².